The predicted molar refractivity (Wildman–Crippen MR) is 270 cm³/mol. The third kappa shape index (κ3) is 11.9. The second-order valence-electron chi connectivity index (χ2n) is 21.3. The first kappa shape index (κ1) is 56.8. The summed E-state index contributed by atoms with van der Waals surface area (Å²) in [5, 5.41) is 32.2. The first-order valence-corrected chi connectivity index (χ1v) is 26.6. The molecule has 0 saturated carbocycles. The molecule has 5 aliphatic heterocycles. The fourth-order valence-electron chi connectivity index (χ4n) is 10.3. The molecule has 5 bridgehead atoms. The molecule has 1 saturated heterocycles. The number of hydrogen-bond acceptors (Lipinski definition) is 16. The van der Waals surface area contributed by atoms with Crippen LogP contribution < -0.4 is 20.7 Å². The van der Waals surface area contributed by atoms with Crippen LogP contribution in [0.4, 0.5) is 0 Å². The van der Waals surface area contributed by atoms with E-state index in [1.165, 1.54) is 31.2 Å². The Morgan fingerprint density at radius 3 is 2.25 bits per heavy atom. The number of aliphatic imine (C=N–C) groups is 1. The lowest BCUT2D eigenvalue weighted by Gasteiger charge is -2.38. The number of allylic oxidation sites excluding steroid dienone is 5. The Kier molecular flexibility index (Phi) is 17.2. The minimum atomic E-state index is -4.97. The second kappa shape index (κ2) is 22.1. The topological polar surface area (TPSA) is 283 Å². The van der Waals surface area contributed by atoms with Crippen molar-refractivity contribution in [1.29, 1.82) is 0 Å². The number of aldehydes is 1. The molecule has 73 heavy (non-hydrogen) atoms. The number of likely N-dealkylation sites (tertiary alicyclic amines) is 1. The average Bonchev–Trinajstić information content (AvgIpc) is 3.81. The van der Waals surface area contributed by atoms with Crippen molar-refractivity contribution in [3.63, 3.8) is 0 Å². The fraction of sp³-hybridized carbons (Fsp3) is 0.596. The highest BCUT2D eigenvalue weighted by molar-refractivity contribution is 7.53. The molecule has 1 fully saturated rings. The third-order valence-electron chi connectivity index (χ3n) is 15.3. The van der Waals surface area contributed by atoms with Crippen molar-refractivity contribution >= 4 is 48.9 Å². The molecule has 1 aliphatic carbocycles. The van der Waals surface area contributed by atoms with Crippen LogP contribution in [0.3, 0.4) is 0 Å². The van der Waals surface area contributed by atoms with Crippen molar-refractivity contribution in [3.8, 4) is 11.5 Å². The first-order chi connectivity index (χ1) is 34.0. The average molecular weight is 1040 g/mol. The zero-order chi connectivity index (χ0) is 54.2. The minimum absolute atomic E-state index is 0.0391. The number of nitrogens with one attached hydrogen (secondary N) is 3. The Bertz CT molecular complexity index is 2590. The lowest BCUT2D eigenvalue weighted by Crippen LogP contribution is -2.50. The van der Waals surface area contributed by atoms with Crippen LogP contribution in [-0.4, -0.2) is 140 Å². The molecule has 1 aromatic carbocycles. The minimum Gasteiger partial charge on any atom is -0.507 e. The van der Waals surface area contributed by atoms with Gasteiger partial charge in [0.1, 0.15) is 29.0 Å². The molecule has 10 atom stereocenters. The van der Waals surface area contributed by atoms with E-state index in [9.17, 15) is 53.3 Å². The van der Waals surface area contributed by atoms with E-state index < -0.39 is 97.1 Å². The van der Waals surface area contributed by atoms with Gasteiger partial charge in [-0.3, -0.25) is 38.4 Å². The number of fused-ring (bicyclic) bond motifs is 13. The zero-order valence-electron chi connectivity index (χ0n) is 43.8. The van der Waals surface area contributed by atoms with E-state index in [2.05, 4.69) is 29.4 Å². The standard InChI is InChI=1S/C52H73N6O14P/c1-26(2)22-58-19-17-52(18-20-58)55-41-38-39-45(63)34(10)48-40(38)49(65)51(11,72-48)70-21-16-27(3)30(6)31(7)32(8)44(62)33(9)47(71-37(61)24-57(12)23-35(60)53-36(25-59)73(67,68)69)28(4)14-13-15-29(5)50(66)54-43(46(39)64)42(41)56-52/h13-16,21,25-28,30-33,36,44,47,56,62-63H,17-20,22-24H2,1-12H3,(H,53,60)(H,54,66)(H2,67,68,69)/b14-13+,21-16+,29-15-/t27-,28-,30+,31+,32-,33-,36?,44-,47-,51-/m0/s1. The van der Waals surface area contributed by atoms with Gasteiger partial charge in [-0.15, -0.1) is 0 Å². The number of esters is 1. The largest absolute Gasteiger partial charge is 0.507 e. The van der Waals surface area contributed by atoms with Gasteiger partial charge in [0.25, 0.3) is 11.7 Å². The highest BCUT2D eigenvalue weighted by Crippen LogP contribution is 2.50. The van der Waals surface area contributed by atoms with E-state index in [-0.39, 0.29) is 80.6 Å². The smallest absolute Gasteiger partial charge is 0.355 e. The molecule has 2 amide bonds. The number of likely N-dealkylation sites (N-methyl/N-ethyl adjacent to an activating group) is 1. The van der Waals surface area contributed by atoms with E-state index in [1.807, 2.05) is 33.0 Å². The molecule has 400 valence electrons. The van der Waals surface area contributed by atoms with Crippen LogP contribution in [0, 0.1) is 48.3 Å². The number of phenolic OH excluding ortho intramolecular Hbond substituents is 1. The summed E-state index contributed by atoms with van der Waals surface area (Å²) in [6.45, 7) is 21.6. The number of piperidine rings is 1. The Hall–Kier alpha value is -5.50. The second-order valence-corrected chi connectivity index (χ2v) is 23.1. The molecule has 21 heteroatoms. The van der Waals surface area contributed by atoms with E-state index in [0.717, 1.165) is 6.54 Å². The molecule has 5 heterocycles. The number of benzene rings is 1. The maximum Gasteiger partial charge on any atom is 0.355 e. The molecule has 20 nitrogen and oxygen atoms in total. The Labute approximate surface area is 426 Å². The number of hydrogen-bond donors (Lipinski definition) is 7. The van der Waals surface area contributed by atoms with Crippen LogP contribution >= 0.6 is 7.60 Å². The number of aliphatic hydroxyl groups excluding tert-OH is 1. The fourth-order valence-corrected chi connectivity index (χ4v) is 10.8. The monoisotopic (exact) mass is 1040 g/mol. The number of ketones is 2. The van der Waals surface area contributed by atoms with Gasteiger partial charge in [-0.2, -0.15) is 0 Å². The number of carbonyl (C=O) groups excluding carboxylic acids is 6. The van der Waals surface area contributed by atoms with Crippen LogP contribution in [0.15, 0.2) is 52.5 Å². The number of rotatable bonds is 10. The van der Waals surface area contributed by atoms with Crippen molar-refractivity contribution in [2.45, 2.75) is 118 Å². The highest BCUT2D eigenvalue weighted by atomic mass is 31.2. The van der Waals surface area contributed by atoms with Crippen molar-refractivity contribution in [2.75, 3.05) is 39.8 Å². The lowest BCUT2D eigenvalue weighted by molar-refractivity contribution is -0.159. The molecule has 1 spiro atoms. The number of carbonyl (C=O) groups is 6. The summed E-state index contributed by atoms with van der Waals surface area (Å²) in [6.07, 6.45) is 7.05. The summed E-state index contributed by atoms with van der Waals surface area (Å²) in [4.78, 5) is 109. The molecular formula is C52H73N6O14P. The van der Waals surface area contributed by atoms with Crippen LogP contribution in [0.1, 0.15) is 114 Å². The van der Waals surface area contributed by atoms with Gasteiger partial charge in [0, 0.05) is 67.9 Å². The molecule has 1 aromatic rings. The molecule has 1 unspecified atom stereocenters. The summed E-state index contributed by atoms with van der Waals surface area (Å²) in [6, 6.07) is 0. The maximum absolute atomic E-state index is 14.9. The summed E-state index contributed by atoms with van der Waals surface area (Å²) in [7, 11) is -3.57. The number of nitrogens with zero attached hydrogens (tertiary/aromatic N) is 3. The van der Waals surface area contributed by atoms with Crippen molar-refractivity contribution < 1.29 is 67.5 Å². The summed E-state index contributed by atoms with van der Waals surface area (Å²) in [5.74, 6) is -9.62. The van der Waals surface area contributed by atoms with Crippen LogP contribution in [0.2, 0.25) is 0 Å². The summed E-state index contributed by atoms with van der Waals surface area (Å²) in [5.41, 5.74) is -0.369. The van der Waals surface area contributed by atoms with Gasteiger partial charge in [0.05, 0.1) is 48.0 Å². The normalized spacial score (nSPS) is 30.8. The van der Waals surface area contributed by atoms with Crippen LogP contribution in [0.25, 0.3) is 0 Å². The summed E-state index contributed by atoms with van der Waals surface area (Å²) >= 11 is 0. The number of amides is 2. The van der Waals surface area contributed by atoms with Crippen LogP contribution in [0.5, 0.6) is 11.5 Å². The summed E-state index contributed by atoms with van der Waals surface area (Å²) < 4.78 is 30.1. The van der Waals surface area contributed by atoms with Gasteiger partial charge in [0.2, 0.25) is 11.7 Å². The van der Waals surface area contributed by atoms with Gasteiger partial charge in [-0.25, -0.2) is 0 Å². The Morgan fingerprint density at radius 2 is 1.63 bits per heavy atom. The lowest BCUT2D eigenvalue weighted by atomic mass is 9.72. The molecular weight excluding hydrogens is 964 g/mol. The molecule has 7 N–H and O–H groups in total. The van der Waals surface area contributed by atoms with Gasteiger partial charge in [0.15, 0.2) is 12.1 Å². The van der Waals surface area contributed by atoms with E-state index in [4.69, 9.17) is 19.2 Å². The molecule has 0 aromatic heterocycles. The maximum atomic E-state index is 14.9. The van der Waals surface area contributed by atoms with E-state index in [1.54, 1.807) is 45.9 Å². The third-order valence-corrected chi connectivity index (χ3v) is 16.3. The number of aromatic hydroxyl groups is 1. The Morgan fingerprint density at radius 1 is 0.973 bits per heavy atom. The molecule has 6 aliphatic rings. The zero-order valence-corrected chi connectivity index (χ0v) is 44.7. The van der Waals surface area contributed by atoms with Crippen molar-refractivity contribution in [1.82, 2.24) is 25.8 Å². The predicted octanol–water partition coefficient (Wildman–Crippen LogP) is 4.24. The molecule has 0 radical (unpaired) electrons. The van der Waals surface area contributed by atoms with Gasteiger partial charge >= 0.3 is 19.4 Å². The van der Waals surface area contributed by atoms with Gasteiger partial charge < -0.3 is 59.9 Å². The number of ether oxygens (including phenoxy) is 3. The van der Waals surface area contributed by atoms with E-state index in [0.29, 0.717) is 31.8 Å². The first-order valence-electron chi connectivity index (χ1n) is 24.9. The van der Waals surface area contributed by atoms with Gasteiger partial charge in [-0.1, -0.05) is 73.6 Å². The highest BCUT2D eigenvalue weighted by Gasteiger charge is 2.54. The van der Waals surface area contributed by atoms with E-state index >= 15 is 0 Å². The number of Topliss-reactive ketones (excluding diaryl/α,β-unsaturated/α-hetero) is 2. The quantitative estimate of drug-likeness (QED) is 0.0980. The van der Waals surface area contributed by atoms with Crippen molar-refractivity contribution in [2.24, 2.45) is 46.4 Å². The number of aliphatic hydroxyl groups is 1. The number of phenols is 1. The van der Waals surface area contributed by atoms with Gasteiger partial charge in [-0.05, 0) is 56.6 Å². The molecule has 7 rings (SSSR count). The van der Waals surface area contributed by atoms with Crippen LogP contribution in [-0.2, 0) is 33.2 Å². The Balaban J connectivity index is 1.38. The van der Waals surface area contributed by atoms with Crippen molar-refractivity contribution in [3.05, 3.63) is 69.8 Å². The SMILES string of the molecule is C/C1=C/C=C/[C@H](C)[C@H](OC(=O)CN(C)CC(=O)NC(C=O)P(=O)(O)O)[C@@H](C)[C@@H](O)[C@@H](C)[C@H](C)[C@H](C)[C@@H](C)/C=C/O[C@@]2(C)Oc3c(C)c(O)c4c(c3C2=O)C2=NC3(CCN(CC(C)C)CC3)NC2=C(NC1=O)C4=O.